The highest BCUT2D eigenvalue weighted by molar-refractivity contribution is 6.31. The number of ether oxygens (including phenoxy) is 1. The molecule has 2 aromatic heterocycles. The molecular formula is C26H19ClN4O3. The van der Waals surface area contributed by atoms with Gasteiger partial charge in [0.15, 0.2) is 5.75 Å². The van der Waals surface area contributed by atoms with E-state index in [1.165, 1.54) is 0 Å². The third-order valence-electron chi connectivity index (χ3n) is 5.34. The highest BCUT2D eigenvalue weighted by atomic mass is 35.5. The third-order valence-corrected chi connectivity index (χ3v) is 5.58. The summed E-state index contributed by atoms with van der Waals surface area (Å²) in [6.45, 7) is 0.256. The molecule has 1 aliphatic heterocycles. The van der Waals surface area contributed by atoms with Gasteiger partial charge < -0.3 is 15.4 Å². The monoisotopic (exact) mass is 470 g/mol. The fourth-order valence-corrected chi connectivity index (χ4v) is 3.86. The molecule has 0 aliphatic carbocycles. The number of rotatable bonds is 5. The second kappa shape index (κ2) is 9.33. The van der Waals surface area contributed by atoms with Gasteiger partial charge >= 0.3 is 0 Å². The van der Waals surface area contributed by atoms with Gasteiger partial charge in [-0.25, -0.2) is 4.98 Å². The molecule has 34 heavy (non-hydrogen) atoms. The van der Waals surface area contributed by atoms with E-state index < -0.39 is 11.9 Å². The number of ketones is 1. The molecule has 0 spiro atoms. The van der Waals surface area contributed by atoms with Gasteiger partial charge in [-0.2, -0.15) is 0 Å². The van der Waals surface area contributed by atoms with E-state index in [2.05, 4.69) is 20.6 Å². The SMILES string of the molecule is O=C(NCc1ccccn1)c1cccc(C(=O)C2Nc3cc(Cl)ccc3Oc3ccccc32)n1. The molecule has 5 rings (SSSR count). The van der Waals surface area contributed by atoms with Gasteiger partial charge in [-0.3, -0.25) is 14.6 Å². The van der Waals surface area contributed by atoms with Crippen LogP contribution in [-0.4, -0.2) is 21.7 Å². The van der Waals surface area contributed by atoms with Crippen LogP contribution < -0.4 is 15.4 Å². The molecule has 1 aliphatic rings. The first kappa shape index (κ1) is 21.6. The molecule has 0 saturated heterocycles. The predicted molar refractivity (Wildman–Crippen MR) is 128 cm³/mol. The Labute approximate surface area is 200 Å². The lowest BCUT2D eigenvalue weighted by atomic mass is 9.99. The zero-order valence-corrected chi connectivity index (χ0v) is 18.6. The molecule has 2 aromatic carbocycles. The van der Waals surface area contributed by atoms with Gasteiger partial charge in [0.25, 0.3) is 5.91 Å². The van der Waals surface area contributed by atoms with E-state index in [1.54, 1.807) is 54.7 Å². The van der Waals surface area contributed by atoms with E-state index in [0.29, 0.717) is 27.8 Å². The van der Waals surface area contributed by atoms with E-state index in [4.69, 9.17) is 16.3 Å². The summed E-state index contributed by atoms with van der Waals surface area (Å²) in [5.41, 5.74) is 2.27. The van der Waals surface area contributed by atoms with Gasteiger partial charge in [0.05, 0.1) is 17.9 Å². The zero-order valence-electron chi connectivity index (χ0n) is 17.9. The van der Waals surface area contributed by atoms with Crippen LogP contribution in [0.5, 0.6) is 11.5 Å². The van der Waals surface area contributed by atoms with Crippen LogP contribution in [0.1, 0.15) is 38.3 Å². The topological polar surface area (TPSA) is 93.2 Å². The maximum absolute atomic E-state index is 13.6. The molecule has 0 saturated carbocycles. The lowest BCUT2D eigenvalue weighted by Crippen LogP contribution is -2.26. The highest BCUT2D eigenvalue weighted by Gasteiger charge is 2.30. The van der Waals surface area contributed by atoms with Gasteiger partial charge in [-0.05, 0) is 48.5 Å². The number of nitrogens with one attached hydrogen (secondary N) is 2. The van der Waals surface area contributed by atoms with Crippen molar-refractivity contribution >= 4 is 29.0 Å². The van der Waals surface area contributed by atoms with Crippen molar-refractivity contribution in [3.05, 3.63) is 113 Å². The van der Waals surface area contributed by atoms with Crippen molar-refractivity contribution in [2.45, 2.75) is 12.6 Å². The number of hydrogen-bond acceptors (Lipinski definition) is 6. The molecule has 1 atom stereocenters. The summed E-state index contributed by atoms with van der Waals surface area (Å²) in [5, 5.41) is 6.53. The molecule has 0 bridgehead atoms. The molecule has 4 aromatic rings. The number of fused-ring (bicyclic) bond motifs is 2. The molecule has 1 amide bonds. The molecule has 168 valence electrons. The van der Waals surface area contributed by atoms with E-state index >= 15 is 0 Å². The maximum Gasteiger partial charge on any atom is 0.270 e. The number of halogens is 1. The Bertz CT molecular complexity index is 1380. The number of Topliss-reactive ketones (excluding diaryl/α,β-unsaturated/α-hetero) is 1. The van der Waals surface area contributed by atoms with Crippen molar-refractivity contribution < 1.29 is 14.3 Å². The van der Waals surface area contributed by atoms with Gasteiger partial charge in [-0.15, -0.1) is 0 Å². The molecular weight excluding hydrogens is 452 g/mol. The number of hydrogen-bond donors (Lipinski definition) is 2. The highest BCUT2D eigenvalue weighted by Crippen LogP contribution is 2.41. The van der Waals surface area contributed by atoms with Crippen LogP contribution in [0.3, 0.4) is 0 Å². The molecule has 0 radical (unpaired) electrons. The number of carbonyl (C=O) groups excluding carboxylic acids is 2. The fraction of sp³-hybridized carbons (Fsp3) is 0.0769. The number of para-hydroxylation sites is 1. The Morgan fingerprint density at radius 3 is 2.62 bits per heavy atom. The van der Waals surface area contributed by atoms with Crippen LogP contribution >= 0.6 is 11.6 Å². The molecule has 3 heterocycles. The van der Waals surface area contributed by atoms with Crippen LogP contribution in [0, 0.1) is 0 Å². The average molecular weight is 471 g/mol. The molecule has 7 nitrogen and oxygen atoms in total. The fourth-order valence-electron chi connectivity index (χ4n) is 3.68. The number of nitrogens with zero attached hydrogens (tertiary/aromatic N) is 2. The Kier molecular flexibility index (Phi) is 5.93. The van der Waals surface area contributed by atoms with E-state index in [-0.39, 0.29) is 23.7 Å². The molecule has 2 N–H and O–H groups in total. The van der Waals surface area contributed by atoms with Gasteiger partial charge in [0.1, 0.15) is 23.2 Å². The number of benzene rings is 2. The quantitative estimate of drug-likeness (QED) is 0.389. The van der Waals surface area contributed by atoms with Crippen molar-refractivity contribution in [3.8, 4) is 11.5 Å². The van der Waals surface area contributed by atoms with Crippen LogP contribution in [0.25, 0.3) is 0 Å². The summed E-state index contributed by atoms with van der Waals surface area (Å²) in [6.07, 6.45) is 1.66. The van der Waals surface area contributed by atoms with Crippen molar-refractivity contribution in [1.29, 1.82) is 0 Å². The summed E-state index contributed by atoms with van der Waals surface area (Å²) in [4.78, 5) is 34.8. The van der Waals surface area contributed by atoms with Crippen LogP contribution in [0.15, 0.2) is 85.1 Å². The summed E-state index contributed by atoms with van der Waals surface area (Å²) in [6, 6.07) is 22.0. The van der Waals surface area contributed by atoms with E-state index in [1.807, 2.05) is 30.3 Å². The minimum atomic E-state index is -0.782. The van der Waals surface area contributed by atoms with Crippen molar-refractivity contribution in [2.75, 3.05) is 5.32 Å². The predicted octanol–water partition coefficient (Wildman–Crippen LogP) is 5.20. The summed E-state index contributed by atoms with van der Waals surface area (Å²) >= 11 is 6.17. The lowest BCUT2D eigenvalue weighted by Gasteiger charge is -2.18. The number of anilines is 1. The standard InChI is InChI=1S/C26H19ClN4O3/c27-16-11-12-23-21(14-16)31-24(18-7-1-2-10-22(18)34-23)25(32)19-8-5-9-20(30-19)26(33)29-15-17-6-3-4-13-28-17/h1-14,24,31H,15H2,(H,29,33). The van der Waals surface area contributed by atoms with Crippen molar-refractivity contribution in [3.63, 3.8) is 0 Å². The lowest BCUT2D eigenvalue weighted by molar-refractivity contribution is 0.0944. The summed E-state index contributed by atoms with van der Waals surface area (Å²) in [7, 11) is 0. The van der Waals surface area contributed by atoms with Crippen LogP contribution in [-0.2, 0) is 6.54 Å². The minimum absolute atomic E-state index is 0.142. The van der Waals surface area contributed by atoms with Crippen molar-refractivity contribution in [1.82, 2.24) is 15.3 Å². The molecule has 0 fully saturated rings. The maximum atomic E-state index is 13.6. The molecule has 8 heteroatoms. The first-order chi connectivity index (χ1) is 16.6. The normalized spacial score (nSPS) is 14.0. The second-order valence-electron chi connectivity index (χ2n) is 7.63. The van der Waals surface area contributed by atoms with E-state index in [0.717, 1.165) is 5.69 Å². The Balaban J connectivity index is 1.43. The van der Waals surface area contributed by atoms with E-state index in [9.17, 15) is 9.59 Å². The minimum Gasteiger partial charge on any atom is -0.455 e. The largest absolute Gasteiger partial charge is 0.455 e. The number of amides is 1. The number of carbonyl (C=O) groups is 2. The first-order valence-corrected chi connectivity index (χ1v) is 11.0. The third kappa shape index (κ3) is 4.46. The van der Waals surface area contributed by atoms with Gasteiger partial charge in [-0.1, -0.05) is 41.9 Å². The molecule has 1 unspecified atom stereocenters. The van der Waals surface area contributed by atoms with Gasteiger partial charge in [0.2, 0.25) is 5.78 Å². The number of aromatic nitrogens is 2. The Hall–Kier alpha value is -4.23. The summed E-state index contributed by atoms with van der Waals surface area (Å²) in [5.74, 6) is 0.416. The second-order valence-corrected chi connectivity index (χ2v) is 8.07. The first-order valence-electron chi connectivity index (χ1n) is 10.6. The smallest absolute Gasteiger partial charge is 0.270 e. The van der Waals surface area contributed by atoms with Crippen LogP contribution in [0.4, 0.5) is 5.69 Å². The summed E-state index contributed by atoms with van der Waals surface area (Å²) < 4.78 is 6.05. The van der Waals surface area contributed by atoms with Gasteiger partial charge in [0, 0.05) is 16.8 Å². The zero-order chi connectivity index (χ0) is 23.5. The van der Waals surface area contributed by atoms with Crippen LogP contribution in [0.2, 0.25) is 5.02 Å². The number of pyridine rings is 2. The Morgan fingerprint density at radius 2 is 1.76 bits per heavy atom. The van der Waals surface area contributed by atoms with Crippen molar-refractivity contribution in [2.24, 2.45) is 0 Å². The average Bonchev–Trinajstić information content (AvgIpc) is 3.04. The Morgan fingerprint density at radius 1 is 0.941 bits per heavy atom.